The van der Waals surface area contributed by atoms with Gasteiger partial charge in [-0.05, 0) is 42.0 Å². The Morgan fingerprint density at radius 2 is 1.80 bits per heavy atom. The number of ketones is 1. The van der Waals surface area contributed by atoms with Crippen molar-refractivity contribution in [3.05, 3.63) is 105 Å². The average Bonchev–Trinajstić information content (AvgIpc) is 3.19. The van der Waals surface area contributed by atoms with Crippen LogP contribution in [0.2, 0.25) is 0 Å². The SMILES string of the molecule is COc1ccc2occ(C3CC(=O)Oc4ccc5c(c43)OC(=Cc3ccccc3)C5=O)c(=O)c2c1. The highest BCUT2D eigenvalue weighted by atomic mass is 16.5. The van der Waals surface area contributed by atoms with Gasteiger partial charge >= 0.3 is 5.97 Å². The largest absolute Gasteiger partial charge is 0.497 e. The van der Waals surface area contributed by atoms with Gasteiger partial charge in [0.05, 0.1) is 30.7 Å². The van der Waals surface area contributed by atoms with E-state index < -0.39 is 11.9 Å². The Bertz CT molecular complexity index is 1610. The highest BCUT2D eigenvalue weighted by Gasteiger charge is 2.39. The number of carbonyl (C=O) groups is 2. The van der Waals surface area contributed by atoms with Gasteiger partial charge in [-0.15, -0.1) is 0 Å². The molecule has 1 aromatic heterocycles. The van der Waals surface area contributed by atoms with Crippen LogP contribution in [0.1, 0.15) is 39.4 Å². The van der Waals surface area contributed by atoms with Crippen LogP contribution < -0.4 is 19.6 Å². The van der Waals surface area contributed by atoms with Crippen molar-refractivity contribution in [3.8, 4) is 17.2 Å². The standard InChI is InChI=1S/C28H18O7/c1-32-16-7-9-21-19(12-16)26(30)20(14-33-21)18-13-24(29)34-22-10-8-17-27(31)23(35-28(17)25(18)22)11-15-5-3-2-4-6-15/h2-12,14,18H,13H2,1H3. The minimum absolute atomic E-state index is 0.0982. The summed E-state index contributed by atoms with van der Waals surface area (Å²) in [7, 11) is 1.51. The molecule has 35 heavy (non-hydrogen) atoms. The van der Waals surface area contributed by atoms with E-state index in [1.807, 2.05) is 30.3 Å². The molecule has 0 saturated carbocycles. The van der Waals surface area contributed by atoms with Crippen LogP contribution in [-0.2, 0) is 4.79 Å². The third-order valence-electron chi connectivity index (χ3n) is 6.26. The maximum Gasteiger partial charge on any atom is 0.312 e. The van der Waals surface area contributed by atoms with Gasteiger partial charge in [0.15, 0.2) is 11.2 Å². The Kier molecular flexibility index (Phi) is 4.77. The van der Waals surface area contributed by atoms with Gasteiger partial charge in [0, 0.05) is 17.0 Å². The number of Topliss-reactive ketones (excluding diaryl/α,β-unsaturated/α-hetero) is 1. The maximum atomic E-state index is 13.5. The summed E-state index contributed by atoms with van der Waals surface area (Å²) in [6, 6.07) is 17.4. The van der Waals surface area contributed by atoms with E-state index in [-0.39, 0.29) is 40.5 Å². The average molecular weight is 466 g/mol. The van der Waals surface area contributed by atoms with E-state index in [2.05, 4.69) is 0 Å². The molecule has 3 heterocycles. The normalized spacial score (nSPS) is 17.6. The van der Waals surface area contributed by atoms with Crippen molar-refractivity contribution in [2.24, 2.45) is 0 Å². The maximum absolute atomic E-state index is 13.5. The first-order valence-electron chi connectivity index (χ1n) is 11.0. The van der Waals surface area contributed by atoms with Gasteiger partial charge < -0.3 is 18.6 Å². The zero-order valence-corrected chi connectivity index (χ0v) is 18.6. The molecule has 0 fully saturated rings. The molecular formula is C28H18O7. The lowest BCUT2D eigenvalue weighted by Crippen LogP contribution is -2.25. The van der Waals surface area contributed by atoms with Crippen LogP contribution >= 0.6 is 0 Å². The number of esters is 1. The molecule has 0 radical (unpaired) electrons. The molecule has 3 aromatic carbocycles. The first kappa shape index (κ1) is 20.9. The smallest absolute Gasteiger partial charge is 0.312 e. The fourth-order valence-corrected chi connectivity index (χ4v) is 4.57. The second-order valence-corrected chi connectivity index (χ2v) is 8.32. The molecule has 6 rings (SSSR count). The molecule has 0 N–H and O–H groups in total. The number of fused-ring (bicyclic) bond motifs is 4. The first-order chi connectivity index (χ1) is 17.0. The molecule has 4 aromatic rings. The number of hydrogen-bond donors (Lipinski definition) is 0. The summed E-state index contributed by atoms with van der Waals surface area (Å²) in [6.07, 6.45) is 2.93. The lowest BCUT2D eigenvalue weighted by Gasteiger charge is -2.25. The Morgan fingerprint density at radius 3 is 2.60 bits per heavy atom. The Balaban J connectivity index is 1.51. The fourth-order valence-electron chi connectivity index (χ4n) is 4.57. The summed E-state index contributed by atoms with van der Waals surface area (Å²) in [5, 5.41) is 0.330. The van der Waals surface area contributed by atoms with E-state index in [1.165, 1.54) is 13.4 Å². The second-order valence-electron chi connectivity index (χ2n) is 8.32. The summed E-state index contributed by atoms with van der Waals surface area (Å²) in [6.45, 7) is 0. The zero-order valence-electron chi connectivity index (χ0n) is 18.6. The van der Waals surface area contributed by atoms with Gasteiger partial charge in [-0.1, -0.05) is 30.3 Å². The number of rotatable bonds is 3. The van der Waals surface area contributed by atoms with Gasteiger partial charge in [-0.2, -0.15) is 0 Å². The molecule has 7 heteroatoms. The summed E-state index contributed by atoms with van der Waals surface area (Å²) in [5.74, 6) is -0.269. The van der Waals surface area contributed by atoms with Crippen LogP contribution in [0.3, 0.4) is 0 Å². The summed E-state index contributed by atoms with van der Waals surface area (Å²) >= 11 is 0. The van der Waals surface area contributed by atoms with Crippen molar-refractivity contribution < 1.29 is 28.2 Å². The Hall–Kier alpha value is -4.65. The van der Waals surface area contributed by atoms with Crippen LogP contribution in [0, 0.1) is 0 Å². The van der Waals surface area contributed by atoms with Crippen LogP contribution in [-0.4, -0.2) is 18.9 Å². The third-order valence-corrected chi connectivity index (χ3v) is 6.26. The number of hydrogen-bond acceptors (Lipinski definition) is 7. The lowest BCUT2D eigenvalue weighted by atomic mass is 9.85. The molecule has 172 valence electrons. The number of ether oxygens (including phenoxy) is 3. The van der Waals surface area contributed by atoms with Gasteiger partial charge in [-0.25, -0.2) is 0 Å². The molecule has 1 atom stereocenters. The van der Waals surface area contributed by atoms with Crippen LogP contribution in [0.4, 0.5) is 0 Å². The predicted molar refractivity (Wildman–Crippen MR) is 127 cm³/mol. The van der Waals surface area contributed by atoms with Gasteiger partial charge in [-0.3, -0.25) is 14.4 Å². The van der Waals surface area contributed by atoms with Crippen molar-refractivity contribution in [2.45, 2.75) is 12.3 Å². The highest BCUT2D eigenvalue weighted by Crippen LogP contribution is 2.48. The van der Waals surface area contributed by atoms with E-state index in [9.17, 15) is 14.4 Å². The first-order valence-corrected chi connectivity index (χ1v) is 11.0. The fraction of sp³-hybridized carbons (Fsp3) is 0.107. The summed E-state index contributed by atoms with van der Waals surface area (Å²) in [4.78, 5) is 39.1. The highest BCUT2D eigenvalue weighted by molar-refractivity contribution is 6.15. The monoisotopic (exact) mass is 466 g/mol. The Morgan fingerprint density at radius 1 is 0.971 bits per heavy atom. The van der Waals surface area contributed by atoms with Gasteiger partial charge in [0.1, 0.15) is 22.8 Å². The molecule has 0 saturated heterocycles. The molecule has 2 aliphatic heterocycles. The number of allylic oxidation sites excluding steroid dienone is 1. The minimum atomic E-state index is -0.711. The van der Waals surface area contributed by atoms with E-state index in [0.717, 1.165) is 5.56 Å². The number of methoxy groups -OCH3 is 1. The van der Waals surface area contributed by atoms with Crippen molar-refractivity contribution >= 4 is 28.8 Å². The number of carbonyl (C=O) groups excluding carboxylic acids is 2. The van der Waals surface area contributed by atoms with Crippen molar-refractivity contribution in [3.63, 3.8) is 0 Å². The van der Waals surface area contributed by atoms with Crippen LogP contribution in [0.5, 0.6) is 17.2 Å². The molecule has 2 aliphatic rings. The minimum Gasteiger partial charge on any atom is -0.497 e. The lowest BCUT2D eigenvalue weighted by molar-refractivity contribution is -0.135. The van der Waals surface area contributed by atoms with E-state index in [0.29, 0.717) is 27.8 Å². The zero-order chi connectivity index (χ0) is 24.1. The van der Waals surface area contributed by atoms with Gasteiger partial charge in [0.2, 0.25) is 5.78 Å². The molecule has 7 nitrogen and oxygen atoms in total. The van der Waals surface area contributed by atoms with E-state index in [1.54, 1.807) is 36.4 Å². The molecule has 0 bridgehead atoms. The Labute approximate surface area is 199 Å². The van der Waals surface area contributed by atoms with Crippen LogP contribution in [0.15, 0.2) is 81.9 Å². The van der Waals surface area contributed by atoms with Crippen LogP contribution in [0.25, 0.3) is 17.0 Å². The summed E-state index contributed by atoms with van der Waals surface area (Å²) < 4.78 is 22.5. The summed E-state index contributed by atoms with van der Waals surface area (Å²) in [5.41, 5.74) is 2.01. The number of benzene rings is 3. The van der Waals surface area contributed by atoms with Crippen molar-refractivity contribution in [1.29, 1.82) is 0 Å². The molecule has 0 spiro atoms. The van der Waals surface area contributed by atoms with E-state index in [4.69, 9.17) is 18.6 Å². The second kappa shape index (κ2) is 7.99. The third kappa shape index (κ3) is 3.40. The van der Waals surface area contributed by atoms with Gasteiger partial charge in [0.25, 0.3) is 0 Å². The molecule has 1 unspecified atom stereocenters. The quantitative estimate of drug-likeness (QED) is 0.242. The predicted octanol–water partition coefficient (Wildman–Crippen LogP) is 4.86. The molecule has 0 amide bonds. The molecular weight excluding hydrogens is 448 g/mol. The molecule has 0 aliphatic carbocycles. The van der Waals surface area contributed by atoms with Crippen molar-refractivity contribution in [2.75, 3.05) is 7.11 Å². The van der Waals surface area contributed by atoms with Crippen molar-refractivity contribution in [1.82, 2.24) is 0 Å². The topological polar surface area (TPSA) is 92.0 Å². The van der Waals surface area contributed by atoms with E-state index >= 15 is 0 Å².